The van der Waals surface area contributed by atoms with E-state index in [4.69, 9.17) is 5.41 Å². The van der Waals surface area contributed by atoms with Gasteiger partial charge >= 0.3 is 0 Å². The van der Waals surface area contributed by atoms with Gasteiger partial charge in [0.2, 0.25) is 0 Å². The van der Waals surface area contributed by atoms with Crippen molar-refractivity contribution in [3.8, 4) is 0 Å². The van der Waals surface area contributed by atoms with Gasteiger partial charge in [0.25, 0.3) is 0 Å². The van der Waals surface area contributed by atoms with Crippen LogP contribution in [0.25, 0.3) is 0 Å². The molecule has 0 aromatic rings. The predicted octanol–water partition coefficient (Wildman–Crippen LogP) is 0.862. The topological polar surface area (TPSA) is 47.9 Å². The molecule has 0 saturated carbocycles. The lowest BCUT2D eigenvalue weighted by Crippen LogP contribution is -2.21. The maximum absolute atomic E-state index is 7.30. The van der Waals surface area contributed by atoms with Gasteiger partial charge in [-0.05, 0) is 18.7 Å². The van der Waals surface area contributed by atoms with Crippen LogP contribution in [0.4, 0.5) is 0 Å². The van der Waals surface area contributed by atoms with Crippen molar-refractivity contribution >= 4 is 5.84 Å². The average Bonchev–Trinajstić information content (AvgIpc) is 2.01. The van der Waals surface area contributed by atoms with Gasteiger partial charge in [-0.3, -0.25) is 5.41 Å². The Kier molecular flexibility index (Phi) is 6.08. The van der Waals surface area contributed by atoms with Crippen LogP contribution in [0.2, 0.25) is 0 Å². The Labute approximate surface area is 67.7 Å². The fourth-order valence-electron chi connectivity index (χ4n) is 0.534. The second-order valence-electron chi connectivity index (χ2n) is 2.04. The molecular formula is C8H15N3. The van der Waals surface area contributed by atoms with Crippen LogP contribution in [-0.4, -0.2) is 19.4 Å². The average molecular weight is 153 g/mol. The van der Waals surface area contributed by atoms with Crippen molar-refractivity contribution in [1.82, 2.24) is 10.6 Å². The highest BCUT2D eigenvalue weighted by atomic mass is 14.9. The van der Waals surface area contributed by atoms with Crippen LogP contribution in [0.1, 0.15) is 6.42 Å². The number of amidine groups is 1. The Morgan fingerprint density at radius 3 is 2.91 bits per heavy atom. The zero-order chi connectivity index (χ0) is 8.53. The van der Waals surface area contributed by atoms with Crippen LogP contribution in [-0.2, 0) is 0 Å². The van der Waals surface area contributed by atoms with Crippen LogP contribution < -0.4 is 10.6 Å². The quantitative estimate of drug-likeness (QED) is 0.237. The van der Waals surface area contributed by atoms with Crippen LogP contribution in [0.15, 0.2) is 24.9 Å². The molecule has 0 spiro atoms. The highest BCUT2D eigenvalue weighted by molar-refractivity contribution is 5.89. The normalized spacial score (nSPS) is 9.55. The Morgan fingerprint density at radius 1 is 1.64 bits per heavy atom. The Balaban J connectivity index is 3.36. The number of hydrogen-bond acceptors (Lipinski definition) is 2. The minimum atomic E-state index is 0.418. The van der Waals surface area contributed by atoms with Crippen LogP contribution >= 0.6 is 0 Å². The molecule has 0 aromatic carbocycles. The second-order valence-corrected chi connectivity index (χ2v) is 2.04. The molecule has 0 rings (SSSR count). The summed E-state index contributed by atoms with van der Waals surface area (Å²) in [6, 6.07) is 0. The maximum Gasteiger partial charge on any atom is 0.119 e. The highest BCUT2D eigenvalue weighted by Gasteiger charge is 1.85. The zero-order valence-corrected chi connectivity index (χ0v) is 6.85. The Morgan fingerprint density at radius 2 is 2.36 bits per heavy atom. The van der Waals surface area contributed by atoms with Gasteiger partial charge in [-0.25, -0.2) is 0 Å². The molecule has 0 aliphatic rings. The summed E-state index contributed by atoms with van der Waals surface area (Å²) < 4.78 is 0. The summed E-state index contributed by atoms with van der Waals surface area (Å²) in [6.45, 7) is 4.35. The van der Waals surface area contributed by atoms with E-state index < -0.39 is 0 Å². The van der Waals surface area contributed by atoms with Gasteiger partial charge in [-0.2, -0.15) is 0 Å². The molecule has 62 valence electrons. The van der Waals surface area contributed by atoms with Crippen molar-refractivity contribution in [2.24, 2.45) is 0 Å². The summed E-state index contributed by atoms with van der Waals surface area (Å²) in [4.78, 5) is 0. The van der Waals surface area contributed by atoms with Gasteiger partial charge in [0.1, 0.15) is 5.84 Å². The first-order chi connectivity index (χ1) is 5.31. The predicted molar refractivity (Wildman–Crippen MR) is 48.7 cm³/mol. The summed E-state index contributed by atoms with van der Waals surface area (Å²) in [7, 11) is 1.80. The first kappa shape index (κ1) is 9.75. The second kappa shape index (κ2) is 6.86. The van der Waals surface area contributed by atoms with E-state index in [-0.39, 0.29) is 0 Å². The van der Waals surface area contributed by atoms with Crippen molar-refractivity contribution in [1.29, 1.82) is 5.41 Å². The minimum absolute atomic E-state index is 0.418. The van der Waals surface area contributed by atoms with Crippen LogP contribution in [0.3, 0.4) is 0 Å². The van der Waals surface area contributed by atoms with E-state index >= 15 is 0 Å². The molecule has 0 unspecified atom stereocenters. The van der Waals surface area contributed by atoms with E-state index in [1.54, 1.807) is 19.3 Å². The van der Waals surface area contributed by atoms with Crippen LogP contribution in [0, 0.1) is 5.41 Å². The van der Waals surface area contributed by atoms with Crippen LogP contribution in [0.5, 0.6) is 0 Å². The monoisotopic (exact) mass is 153 g/mol. The van der Waals surface area contributed by atoms with Crippen molar-refractivity contribution in [2.45, 2.75) is 6.42 Å². The maximum atomic E-state index is 7.30. The summed E-state index contributed by atoms with van der Waals surface area (Å²) >= 11 is 0. The molecule has 0 atom stereocenters. The van der Waals surface area contributed by atoms with E-state index in [0.717, 1.165) is 13.0 Å². The third kappa shape index (κ3) is 6.64. The van der Waals surface area contributed by atoms with Crippen molar-refractivity contribution in [3.63, 3.8) is 0 Å². The molecule has 0 aliphatic carbocycles. The smallest absolute Gasteiger partial charge is 0.119 e. The molecule has 3 nitrogen and oxygen atoms in total. The number of nitrogens with one attached hydrogen (secondary N) is 3. The number of rotatable bonds is 5. The largest absolute Gasteiger partial charge is 0.394 e. The molecule has 3 N–H and O–H groups in total. The Bertz CT molecular complexity index is 149. The summed E-state index contributed by atoms with van der Waals surface area (Å²) in [6.07, 6.45) is 6.09. The van der Waals surface area contributed by atoms with E-state index in [9.17, 15) is 0 Å². The molecule has 0 bridgehead atoms. The molecule has 0 amide bonds. The summed E-state index contributed by atoms with van der Waals surface area (Å²) in [5.41, 5.74) is 0. The minimum Gasteiger partial charge on any atom is -0.394 e. The first-order valence-electron chi connectivity index (χ1n) is 3.58. The fraction of sp³-hybridized carbons (Fsp3) is 0.375. The lowest BCUT2D eigenvalue weighted by atomic mass is 10.4. The van der Waals surface area contributed by atoms with Gasteiger partial charge < -0.3 is 10.6 Å². The Hall–Kier alpha value is -1.25. The van der Waals surface area contributed by atoms with Gasteiger partial charge in [-0.1, -0.05) is 6.08 Å². The van der Waals surface area contributed by atoms with Crippen molar-refractivity contribution in [2.75, 3.05) is 13.6 Å². The molecule has 0 aliphatic heterocycles. The van der Waals surface area contributed by atoms with Crippen molar-refractivity contribution < 1.29 is 0 Å². The zero-order valence-electron chi connectivity index (χ0n) is 6.85. The highest BCUT2D eigenvalue weighted by Crippen LogP contribution is 1.76. The SMILES string of the molecule is C=CCCNC(=N)/C=C\NC. The number of hydrogen-bond donors (Lipinski definition) is 3. The van der Waals surface area contributed by atoms with Gasteiger partial charge in [-0.15, -0.1) is 6.58 Å². The summed E-state index contributed by atoms with van der Waals surface area (Å²) in [5, 5.41) is 13.0. The van der Waals surface area contributed by atoms with E-state index in [1.165, 1.54) is 0 Å². The standard InChI is InChI=1S/C8H15N3/c1-3-4-6-11-8(9)5-7-10-2/h3,5,7,10H,1,4,6H2,2H3,(H2,9,11)/b7-5-. The van der Waals surface area contributed by atoms with E-state index in [0.29, 0.717) is 5.84 Å². The molecule has 0 radical (unpaired) electrons. The molecule has 0 heterocycles. The first-order valence-corrected chi connectivity index (χ1v) is 3.58. The third-order valence-electron chi connectivity index (χ3n) is 1.08. The van der Waals surface area contributed by atoms with Gasteiger partial charge in [0.05, 0.1) is 0 Å². The molecule has 0 saturated heterocycles. The fourth-order valence-corrected chi connectivity index (χ4v) is 0.534. The molecular weight excluding hydrogens is 138 g/mol. The molecule has 0 aromatic heterocycles. The molecule has 3 heteroatoms. The molecule has 0 fully saturated rings. The third-order valence-corrected chi connectivity index (χ3v) is 1.08. The summed E-state index contributed by atoms with van der Waals surface area (Å²) in [5.74, 6) is 0.418. The van der Waals surface area contributed by atoms with Gasteiger partial charge in [0, 0.05) is 13.6 Å². The lowest BCUT2D eigenvalue weighted by molar-refractivity contribution is 0.887. The lowest BCUT2D eigenvalue weighted by Gasteiger charge is -2.00. The van der Waals surface area contributed by atoms with E-state index in [2.05, 4.69) is 17.2 Å². The van der Waals surface area contributed by atoms with Crippen molar-refractivity contribution in [3.05, 3.63) is 24.9 Å². The van der Waals surface area contributed by atoms with Gasteiger partial charge in [0.15, 0.2) is 0 Å². The van der Waals surface area contributed by atoms with E-state index in [1.807, 2.05) is 6.08 Å². The molecule has 11 heavy (non-hydrogen) atoms.